The fourth-order valence-electron chi connectivity index (χ4n) is 3.10. The molecule has 8 heteroatoms. The summed E-state index contributed by atoms with van der Waals surface area (Å²) in [5, 5.41) is 3.66. The summed E-state index contributed by atoms with van der Waals surface area (Å²) in [5.41, 5.74) is 3.34. The molecule has 6 nitrogen and oxygen atoms in total. The van der Waals surface area contributed by atoms with E-state index in [0.29, 0.717) is 27.6 Å². The first-order valence-electron chi connectivity index (χ1n) is 8.72. The van der Waals surface area contributed by atoms with Crippen molar-refractivity contribution < 1.29 is 4.39 Å². The van der Waals surface area contributed by atoms with Gasteiger partial charge < -0.3 is 15.3 Å². The Balaban J connectivity index is 1.89. The molecule has 142 valence electrons. The number of aromatic nitrogens is 4. The van der Waals surface area contributed by atoms with E-state index in [0.717, 1.165) is 5.69 Å². The van der Waals surface area contributed by atoms with Crippen molar-refractivity contribution in [3.05, 3.63) is 69.7 Å². The Kier molecular flexibility index (Phi) is 4.60. The molecular formula is C20H17ClFN5O. The molecule has 0 fully saturated rings. The average Bonchev–Trinajstić information content (AvgIpc) is 3.14. The number of benzene rings is 1. The van der Waals surface area contributed by atoms with E-state index in [9.17, 15) is 9.18 Å². The zero-order valence-corrected chi connectivity index (χ0v) is 15.9. The number of hydrogen-bond acceptors (Lipinski definition) is 4. The highest BCUT2D eigenvalue weighted by molar-refractivity contribution is 6.30. The maximum absolute atomic E-state index is 14.4. The minimum Gasteiger partial charge on any atom is -0.352 e. The molecule has 0 aliphatic carbocycles. The molecule has 0 aliphatic heterocycles. The van der Waals surface area contributed by atoms with E-state index < -0.39 is 5.82 Å². The Morgan fingerprint density at radius 2 is 1.93 bits per heavy atom. The zero-order chi connectivity index (χ0) is 19.8. The van der Waals surface area contributed by atoms with Crippen LogP contribution in [0.4, 0.5) is 15.8 Å². The van der Waals surface area contributed by atoms with Gasteiger partial charge in [0, 0.05) is 22.5 Å². The molecule has 4 rings (SSSR count). The van der Waals surface area contributed by atoms with Crippen molar-refractivity contribution in [1.82, 2.24) is 19.9 Å². The van der Waals surface area contributed by atoms with E-state index >= 15 is 0 Å². The second-order valence-electron chi connectivity index (χ2n) is 6.70. The summed E-state index contributed by atoms with van der Waals surface area (Å²) >= 11 is 6.01. The number of fused-ring (bicyclic) bond motifs is 1. The highest BCUT2D eigenvalue weighted by atomic mass is 35.5. The Morgan fingerprint density at radius 1 is 1.11 bits per heavy atom. The highest BCUT2D eigenvalue weighted by Gasteiger charge is 2.17. The van der Waals surface area contributed by atoms with E-state index in [1.165, 1.54) is 18.2 Å². The monoisotopic (exact) mass is 397 g/mol. The lowest BCUT2D eigenvalue weighted by Gasteiger charge is -2.16. The quantitative estimate of drug-likeness (QED) is 0.453. The van der Waals surface area contributed by atoms with Crippen LogP contribution in [0.1, 0.15) is 25.5 Å². The molecule has 4 aromatic rings. The number of nitrogens with one attached hydrogen (secondary N) is 3. The van der Waals surface area contributed by atoms with Crippen LogP contribution in [0, 0.1) is 5.82 Å². The summed E-state index contributed by atoms with van der Waals surface area (Å²) in [4.78, 5) is 27.0. The number of H-pyrrole nitrogens is 2. The minimum atomic E-state index is -0.517. The van der Waals surface area contributed by atoms with Crippen molar-refractivity contribution in [3.63, 3.8) is 0 Å². The summed E-state index contributed by atoms with van der Waals surface area (Å²) in [7, 11) is 0. The van der Waals surface area contributed by atoms with Crippen LogP contribution in [0.2, 0.25) is 5.02 Å². The SMILES string of the molecule is CC(C)c1[nH]c(=O)c(-c2cc(Cl)ccc2F)cc1Nc1ccnc2[nH]cnc12. The van der Waals surface area contributed by atoms with Crippen LogP contribution in [0.5, 0.6) is 0 Å². The molecule has 3 N–H and O–H groups in total. The summed E-state index contributed by atoms with van der Waals surface area (Å²) in [6, 6.07) is 7.57. The fourth-order valence-corrected chi connectivity index (χ4v) is 3.27. The van der Waals surface area contributed by atoms with Crippen LogP contribution < -0.4 is 10.9 Å². The van der Waals surface area contributed by atoms with Crippen LogP contribution >= 0.6 is 11.6 Å². The molecule has 0 radical (unpaired) electrons. The molecule has 0 unspecified atom stereocenters. The van der Waals surface area contributed by atoms with E-state index in [1.807, 2.05) is 13.8 Å². The zero-order valence-electron chi connectivity index (χ0n) is 15.2. The lowest BCUT2D eigenvalue weighted by molar-refractivity contribution is 0.631. The second kappa shape index (κ2) is 7.09. The average molecular weight is 398 g/mol. The number of rotatable bonds is 4. The van der Waals surface area contributed by atoms with Gasteiger partial charge in [-0.2, -0.15) is 0 Å². The van der Waals surface area contributed by atoms with Crippen molar-refractivity contribution in [1.29, 1.82) is 0 Å². The normalized spacial score (nSPS) is 11.3. The number of aromatic amines is 2. The van der Waals surface area contributed by atoms with Crippen LogP contribution in [0.15, 0.2) is 47.7 Å². The van der Waals surface area contributed by atoms with Gasteiger partial charge in [0.1, 0.15) is 11.3 Å². The van der Waals surface area contributed by atoms with Crippen molar-refractivity contribution >= 4 is 34.1 Å². The van der Waals surface area contributed by atoms with Crippen LogP contribution in [0.3, 0.4) is 0 Å². The Morgan fingerprint density at radius 3 is 2.71 bits per heavy atom. The molecule has 0 saturated heterocycles. The number of pyridine rings is 2. The van der Waals surface area contributed by atoms with Crippen LogP contribution in [0.25, 0.3) is 22.3 Å². The van der Waals surface area contributed by atoms with Gasteiger partial charge in [-0.1, -0.05) is 25.4 Å². The molecule has 0 saturated carbocycles. The van der Waals surface area contributed by atoms with Gasteiger partial charge in [0.2, 0.25) is 0 Å². The van der Waals surface area contributed by atoms with Crippen molar-refractivity contribution in [2.45, 2.75) is 19.8 Å². The molecule has 3 heterocycles. The lowest BCUT2D eigenvalue weighted by Crippen LogP contribution is -2.15. The van der Waals surface area contributed by atoms with Gasteiger partial charge in [-0.15, -0.1) is 0 Å². The van der Waals surface area contributed by atoms with Gasteiger partial charge in [0.25, 0.3) is 5.56 Å². The number of hydrogen-bond donors (Lipinski definition) is 3. The van der Waals surface area contributed by atoms with E-state index in [1.54, 1.807) is 24.7 Å². The first-order chi connectivity index (χ1) is 13.4. The lowest BCUT2D eigenvalue weighted by atomic mass is 10.0. The number of nitrogens with zero attached hydrogens (tertiary/aromatic N) is 2. The van der Waals surface area contributed by atoms with Crippen molar-refractivity contribution in [3.8, 4) is 11.1 Å². The molecular weight excluding hydrogens is 381 g/mol. The fraction of sp³-hybridized carbons (Fsp3) is 0.150. The number of imidazole rings is 1. The second-order valence-corrected chi connectivity index (χ2v) is 7.14. The minimum absolute atomic E-state index is 0.0324. The third kappa shape index (κ3) is 3.25. The molecule has 0 bridgehead atoms. The largest absolute Gasteiger partial charge is 0.352 e. The molecule has 0 aliphatic rings. The maximum Gasteiger partial charge on any atom is 0.256 e. The van der Waals surface area contributed by atoms with Crippen molar-refractivity contribution in [2.75, 3.05) is 5.32 Å². The predicted molar refractivity (Wildman–Crippen MR) is 109 cm³/mol. The molecule has 1 aromatic carbocycles. The van der Waals surface area contributed by atoms with Crippen molar-refractivity contribution in [2.24, 2.45) is 0 Å². The van der Waals surface area contributed by atoms with E-state index in [-0.39, 0.29) is 22.6 Å². The first-order valence-corrected chi connectivity index (χ1v) is 9.09. The number of anilines is 2. The molecule has 0 amide bonds. The van der Waals surface area contributed by atoms with E-state index in [4.69, 9.17) is 11.6 Å². The van der Waals surface area contributed by atoms with Gasteiger partial charge in [0.15, 0.2) is 5.65 Å². The summed E-state index contributed by atoms with van der Waals surface area (Å²) in [6.45, 7) is 3.93. The van der Waals surface area contributed by atoms with Gasteiger partial charge >= 0.3 is 0 Å². The van der Waals surface area contributed by atoms with Crippen LogP contribution in [-0.4, -0.2) is 19.9 Å². The predicted octanol–water partition coefficient (Wildman–Crippen LogP) is 4.97. The van der Waals surface area contributed by atoms with Gasteiger partial charge in [-0.25, -0.2) is 14.4 Å². The summed E-state index contributed by atoms with van der Waals surface area (Å²) in [6.07, 6.45) is 3.22. The summed E-state index contributed by atoms with van der Waals surface area (Å²) in [5.74, 6) is -0.485. The molecule has 28 heavy (non-hydrogen) atoms. The molecule has 0 atom stereocenters. The third-order valence-electron chi connectivity index (χ3n) is 4.46. The smallest absolute Gasteiger partial charge is 0.256 e. The van der Waals surface area contributed by atoms with Gasteiger partial charge in [-0.3, -0.25) is 4.79 Å². The van der Waals surface area contributed by atoms with Crippen LogP contribution in [-0.2, 0) is 0 Å². The summed E-state index contributed by atoms with van der Waals surface area (Å²) < 4.78 is 14.4. The Bertz CT molecular complexity index is 1230. The van der Waals surface area contributed by atoms with Gasteiger partial charge in [0.05, 0.1) is 23.3 Å². The maximum atomic E-state index is 14.4. The molecule has 3 aromatic heterocycles. The van der Waals surface area contributed by atoms with E-state index in [2.05, 4.69) is 25.3 Å². The first kappa shape index (κ1) is 18.2. The Labute approximate surface area is 164 Å². The topological polar surface area (TPSA) is 86.5 Å². The third-order valence-corrected chi connectivity index (χ3v) is 4.69. The van der Waals surface area contributed by atoms with Gasteiger partial charge in [-0.05, 0) is 36.2 Å². The Hall–Kier alpha value is -3.19. The highest BCUT2D eigenvalue weighted by Crippen LogP contribution is 2.31. The molecule has 0 spiro atoms. The number of halogens is 2. The standard InChI is InChI=1S/C20H17ClFN5O/c1-10(2)17-16(26-15-5-6-23-19-18(15)24-9-25-19)8-13(20(28)27-17)12-7-11(21)3-4-14(12)22/h3-10H,1-2H3,(H,27,28)(H2,23,24,25,26).